The van der Waals surface area contributed by atoms with Crippen molar-refractivity contribution < 1.29 is 22.7 Å². The zero-order chi connectivity index (χ0) is 18.9. The van der Waals surface area contributed by atoms with E-state index in [0.717, 1.165) is 0 Å². The summed E-state index contributed by atoms with van der Waals surface area (Å²) in [6.45, 7) is 1.26. The van der Waals surface area contributed by atoms with Gasteiger partial charge in [0.15, 0.2) is 0 Å². The highest BCUT2D eigenvalue weighted by Gasteiger charge is 2.46. The van der Waals surface area contributed by atoms with Crippen molar-refractivity contribution >= 4 is 26.7 Å². The monoisotopic (exact) mass is 383 g/mol. The number of pyridine rings is 1. The topological polar surface area (TPSA) is 91.8 Å². The summed E-state index contributed by atoms with van der Waals surface area (Å²) in [6.07, 6.45) is -1.24. The third kappa shape index (κ3) is 3.52. The van der Waals surface area contributed by atoms with Crippen molar-refractivity contribution in [2.24, 2.45) is 0 Å². The van der Waals surface area contributed by atoms with E-state index in [0.29, 0.717) is 10.9 Å². The number of aliphatic hydroxyl groups is 1. The van der Waals surface area contributed by atoms with Crippen LogP contribution in [0.1, 0.15) is 6.92 Å². The van der Waals surface area contributed by atoms with Gasteiger partial charge in [-0.2, -0.15) is 4.31 Å². The first-order chi connectivity index (χ1) is 12.3. The van der Waals surface area contributed by atoms with E-state index in [4.69, 9.17) is 4.74 Å². The van der Waals surface area contributed by atoms with Crippen LogP contribution in [-0.2, 0) is 14.8 Å². The molecule has 1 fully saturated rings. The Morgan fingerprint density at radius 3 is 2.77 bits per heavy atom. The number of benzene rings is 1. The average Bonchev–Trinajstić information content (AvgIpc) is 2.62. The van der Waals surface area contributed by atoms with Gasteiger partial charge in [-0.1, -0.05) is 18.2 Å². The lowest BCUT2D eigenvalue weighted by molar-refractivity contribution is -0.0768. The molecule has 2 aromatic rings. The number of para-hydroxylation sites is 1. The van der Waals surface area contributed by atoms with Crippen molar-refractivity contribution in [3.63, 3.8) is 0 Å². The number of nitrogens with zero attached hydrogens (tertiary/aromatic N) is 2. The molecule has 9 heteroatoms. The molecule has 1 saturated heterocycles. The Labute approximate surface area is 151 Å². The second kappa shape index (κ2) is 7.07. The fraction of sp³-hybridized carbons (Fsp3) is 0.471. The molecule has 1 unspecified atom stereocenters. The summed E-state index contributed by atoms with van der Waals surface area (Å²) >= 11 is 0. The maximum absolute atomic E-state index is 13.1. The third-order valence-corrected chi connectivity index (χ3v) is 6.31. The Hall–Kier alpha value is -1.81. The Kier molecular flexibility index (Phi) is 5.16. The number of nitrogens with one attached hydrogen (secondary N) is 1. The van der Waals surface area contributed by atoms with Gasteiger partial charge in [-0.05, 0) is 19.1 Å². The van der Waals surface area contributed by atoms with Gasteiger partial charge in [-0.3, -0.25) is 0 Å². The van der Waals surface area contributed by atoms with Crippen molar-refractivity contribution in [2.75, 3.05) is 38.7 Å². The van der Waals surface area contributed by atoms with E-state index in [-0.39, 0.29) is 30.3 Å². The standard InChI is InChI=1S/C17H22FN3O4S/c1-17(25-2)10-21(11-17)26(23,24)15-7-12-5-3-4-6-14(12)20-16(15)19-9-13(22)8-18/h3-7,13,22H,8-11H2,1-2H3,(H,19,20). The highest BCUT2D eigenvalue weighted by atomic mass is 32.2. The summed E-state index contributed by atoms with van der Waals surface area (Å²) in [5.41, 5.74) is 0.101. The molecule has 0 bridgehead atoms. The SMILES string of the molecule is COC1(C)CN(S(=O)(=O)c2cc3ccccc3nc2NCC(O)CF)C1. The van der Waals surface area contributed by atoms with Crippen molar-refractivity contribution in [1.29, 1.82) is 0 Å². The first-order valence-electron chi connectivity index (χ1n) is 8.22. The Balaban J connectivity index is 1.99. The fourth-order valence-corrected chi connectivity index (χ4v) is 4.63. The second-order valence-corrected chi connectivity index (χ2v) is 8.55. The van der Waals surface area contributed by atoms with Gasteiger partial charge >= 0.3 is 0 Å². The van der Waals surface area contributed by atoms with Gasteiger partial charge in [0.2, 0.25) is 10.0 Å². The molecule has 0 spiro atoms. The van der Waals surface area contributed by atoms with Gasteiger partial charge in [-0.15, -0.1) is 0 Å². The Bertz CT molecular complexity index is 900. The molecule has 3 rings (SSSR count). The number of fused-ring (bicyclic) bond motifs is 1. The number of aromatic nitrogens is 1. The lowest BCUT2D eigenvalue weighted by Crippen LogP contribution is -2.62. The quantitative estimate of drug-likeness (QED) is 0.751. The second-order valence-electron chi connectivity index (χ2n) is 6.64. The summed E-state index contributed by atoms with van der Waals surface area (Å²) in [6, 6.07) is 8.67. The average molecular weight is 383 g/mol. The largest absolute Gasteiger partial charge is 0.389 e. The van der Waals surface area contributed by atoms with Crippen LogP contribution < -0.4 is 5.32 Å². The molecular formula is C17H22FN3O4S. The highest BCUT2D eigenvalue weighted by Crippen LogP contribution is 2.33. The summed E-state index contributed by atoms with van der Waals surface area (Å²) < 4.78 is 45.3. The fourth-order valence-electron chi connectivity index (χ4n) is 2.83. The summed E-state index contributed by atoms with van der Waals surface area (Å²) in [7, 11) is -2.26. The number of halogens is 1. The van der Waals surface area contributed by atoms with Crippen molar-refractivity contribution in [1.82, 2.24) is 9.29 Å². The minimum absolute atomic E-state index is 0.000381. The first kappa shape index (κ1) is 19.0. The zero-order valence-corrected chi connectivity index (χ0v) is 15.5. The van der Waals surface area contributed by atoms with Crippen LogP contribution >= 0.6 is 0 Å². The maximum atomic E-state index is 13.1. The van der Waals surface area contributed by atoms with Crippen LogP contribution in [0.3, 0.4) is 0 Å². The minimum atomic E-state index is -3.81. The van der Waals surface area contributed by atoms with E-state index in [1.807, 2.05) is 6.92 Å². The van der Waals surface area contributed by atoms with Gasteiger partial charge in [-0.25, -0.2) is 17.8 Å². The molecule has 1 aromatic carbocycles. The molecule has 2 heterocycles. The molecule has 0 radical (unpaired) electrons. The lowest BCUT2D eigenvalue weighted by atomic mass is 10.0. The van der Waals surface area contributed by atoms with E-state index in [9.17, 15) is 17.9 Å². The van der Waals surface area contributed by atoms with E-state index in [1.54, 1.807) is 37.4 Å². The molecular weight excluding hydrogens is 361 g/mol. The summed E-state index contributed by atoms with van der Waals surface area (Å²) in [5.74, 6) is 0.0993. The number of methoxy groups -OCH3 is 1. The van der Waals surface area contributed by atoms with Crippen molar-refractivity contribution in [2.45, 2.75) is 23.5 Å². The normalized spacial score (nSPS) is 18.5. The molecule has 2 N–H and O–H groups in total. The van der Waals surface area contributed by atoms with E-state index >= 15 is 0 Å². The number of sulfonamides is 1. The van der Waals surface area contributed by atoms with E-state index < -0.39 is 28.4 Å². The van der Waals surface area contributed by atoms with Gasteiger partial charge < -0.3 is 15.2 Å². The van der Waals surface area contributed by atoms with Crippen LogP contribution in [0, 0.1) is 0 Å². The van der Waals surface area contributed by atoms with E-state index in [2.05, 4.69) is 10.3 Å². The van der Waals surface area contributed by atoms with Crippen LogP contribution in [-0.4, -0.2) is 67.9 Å². The van der Waals surface area contributed by atoms with Crippen LogP contribution in [0.4, 0.5) is 10.2 Å². The van der Waals surface area contributed by atoms with Crippen molar-refractivity contribution in [3.8, 4) is 0 Å². The number of hydrogen-bond donors (Lipinski definition) is 2. The predicted molar refractivity (Wildman–Crippen MR) is 96.4 cm³/mol. The maximum Gasteiger partial charge on any atom is 0.246 e. The third-order valence-electron chi connectivity index (χ3n) is 4.50. The molecule has 0 saturated carbocycles. The molecule has 1 atom stereocenters. The number of anilines is 1. The van der Waals surface area contributed by atoms with Crippen LogP contribution in [0.15, 0.2) is 35.2 Å². The van der Waals surface area contributed by atoms with Crippen LogP contribution in [0.25, 0.3) is 10.9 Å². The number of ether oxygens (including phenoxy) is 1. The lowest BCUT2D eigenvalue weighted by Gasteiger charge is -2.45. The first-order valence-corrected chi connectivity index (χ1v) is 9.66. The van der Waals surface area contributed by atoms with Gasteiger partial charge in [0.1, 0.15) is 17.4 Å². The molecule has 1 aliphatic rings. The molecule has 0 aliphatic carbocycles. The molecule has 1 aromatic heterocycles. The molecule has 142 valence electrons. The van der Waals surface area contributed by atoms with Crippen molar-refractivity contribution in [3.05, 3.63) is 30.3 Å². The Morgan fingerprint density at radius 2 is 2.12 bits per heavy atom. The van der Waals surface area contributed by atoms with E-state index in [1.165, 1.54) is 4.31 Å². The number of aliphatic hydroxyl groups excluding tert-OH is 1. The number of rotatable bonds is 7. The minimum Gasteiger partial charge on any atom is -0.389 e. The zero-order valence-electron chi connectivity index (χ0n) is 14.6. The van der Waals surface area contributed by atoms with Gasteiger partial charge in [0.05, 0.1) is 17.2 Å². The predicted octanol–water partition coefficient (Wildman–Crippen LogP) is 1.39. The molecule has 1 aliphatic heterocycles. The van der Waals surface area contributed by atoms with Gasteiger partial charge in [0.25, 0.3) is 0 Å². The van der Waals surface area contributed by atoms with Crippen LogP contribution in [0.5, 0.6) is 0 Å². The molecule has 26 heavy (non-hydrogen) atoms. The number of hydrogen-bond acceptors (Lipinski definition) is 6. The molecule has 7 nitrogen and oxygen atoms in total. The number of alkyl halides is 1. The summed E-state index contributed by atoms with van der Waals surface area (Å²) in [5, 5.41) is 12.9. The highest BCUT2D eigenvalue weighted by molar-refractivity contribution is 7.89. The molecule has 0 amide bonds. The Morgan fingerprint density at radius 1 is 1.42 bits per heavy atom. The smallest absolute Gasteiger partial charge is 0.246 e. The van der Waals surface area contributed by atoms with Gasteiger partial charge in [0, 0.05) is 32.1 Å². The summed E-state index contributed by atoms with van der Waals surface area (Å²) in [4.78, 5) is 4.36. The van der Waals surface area contributed by atoms with Crippen LogP contribution in [0.2, 0.25) is 0 Å².